The summed E-state index contributed by atoms with van der Waals surface area (Å²) in [5, 5.41) is 5.78. The van der Waals surface area contributed by atoms with Crippen LogP contribution in [-0.2, 0) is 16.0 Å². The van der Waals surface area contributed by atoms with Crippen LogP contribution in [0.5, 0.6) is 0 Å². The highest BCUT2D eigenvalue weighted by molar-refractivity contribution is 7.80. The first-order valence-electron chi connectivity index (χ1n) is 7.92. The Balaban J connectivity index is 1.88. The SMILES string of the molecule is CCOC(=O)c1ccc(NC(=S)NC(=O)Cc2ccccc2C)cc1. The molecule has 0 fully saturated rings. The van der Waals surface area contributed by atoms with Crippen molar-refractivity contribution < 1.29 is 14.3 Å². The van der Waals surface area contributed by atoms with Gasteiger partial charge in [-0.2, -0.15) is 0 Å². The molecule has 2 N–H and O–H groups in total. The van der Waals surface area contributed by atoms with Gasteiger partial charge in [0.2, 0.25) is 5.91 Å². The lowest BCUT2D eigenvalue weighted by molar-refractivity contribution is -0.119. The number of carbonyl (C=O) groups excluding carboxylic acids is 2. The third kappa shape index (κ3) is 5.69. The molecule has 0 aliphatic heterocycles. The molecule has 2 aromatic carbocycles. The van der Waals surface area contributed by atoms with E-state index in [1.54, 1.807) is 31.2 Å². The van der Waals surface area contributed by atoms with E-state index in [0.717, 1.165) is 11.1 Å². The second-order valence-corrected chi connectivity index (χ2v) is 5.81. The summed E-state index contributed by atoms with van der Waals surface area (Å²) >= 11 is 5.15. The van der Waals surface area contributed by atoms with Gasteiger partial charge in [-0.15, -0.1) is 0 Å². The van der Waals surface area contributed by atoms with Crippen LogP contribution in [0.3, 0.4) is 0 Å². The van der Waals surface area contributed by atoms with Crippen molar-refractivity contribution in [3.63, 3.8) is 0 Å². The van der Waals surface area contributed by atoms with Crippen molar-refractivity contribution >= 4 is 34.9 Å². The molecule has 0 spiro atoms. The van der Waals surface area contributed by atoms with Gasteiger partial charge in [0.05, 0.1) is 18.6 Å². The van der Waals surface area contributed by atoms with Crippen molar-refractivity contribution in [1.29, 1.82) is 0 Å². The maximum atomic E-state index is 12.1. The van der Waals surface area contributed by atoms with Gasteiger partial charge in [-0.3, -0.25) is 4.79 Å². The quantitative estimate of drug-likeness (QED) is 0.636. The number of amides is 1. The molecule has 0 heterocycles. The van der Waals surface area contributed by atoms with E-state index in [0.29, 0.717) is 17.9 Å². The Bertz CT molecular complexity index is 772. The zero-order valence-electron chi connectivity index (χ0n) is 14.2. The summed E-state index contributed by atoms with van der Waals surface area (Å²) < 4.78 is 4.93. The van der Waals surface area contributed by atoms with Crippen LogP contribution >= 0.6 is 12.2 Å². The van der Waals surface area contributed by atoms with E-state index in [1.807, 2.05) is 31.2 Å². The Morgan fingerprint density at radius 3 is 2.40 bits per heavy atom. The minimum atomic E-state index is -0.372. The Labute approximate surface area is 152 Å². The van der Waals surface area contributed by atoms with Gasteiger partial charge >= 0.3 is 5.97 Å². The number of aryl methyl sites for hydroxylation is 1. The number of hydrogen-bond acceptors (Lipinski definition) is 4. The van der Waals surface area contributed by atoms with E-state index < -0.39 is 0 Å². The molecule has 130 valence electrons. The monoisotopic (exact) mass is 356 g/mol. The number of esters is 1. The number of carbonyl (C=O) groups is 2. The van der Waals surface area contributed by atoms with Crippen LogP contribution in [-0.4, -0.2) is 23.6 Å². The number of nitrogens with one attached hydrogen (secondary N) is 2. The summed E-state index contributed by atoms with van der Waals surface area (Å²) in [5.74, 6) is -0.557. The van der Waals surface area contributed by atoms with Crippen molar-refractivity contribution in [3.8, 4) is 0 Å². The van der Waals surface area contributed by atoms with Crippen LogP contribution in [0.25, 0.3) is 0 Å². The molecule has 6 heteroatoms. The smallest absolute Gasteiger partial charge is 0.338 e. The molecule has 0 bridgehead atoms. The molecule has 0 radical (unpaired) electrons. The Morgan fingerprint density at radius 2 is 1.76 bits per heavy atom. The fraction of sp³-hybridized carbons (Fsp3) is 0.211. The summed E-state index contributed by atoms with van der Waals surface area (Å²) in [5.41, 5.74) is 3.16. The largest absolute Gasteiger partial charge is 0.462 e. The topological polar surface area (TPSA) is 67.4 Å². The average Bonchev–Trinajstić information content (AvgIpc) is 2.57. The molecule has 0 saturated carbocycles. The molecular weight excluding hydrogens is 336 g/mol. The van der Waals surface area contributed by atoms with E-state index in [4.69, 9.17) is 17.0 Å². The first kappa shape index (κ1) is 18.6. The molecule has 0 atom stereocenters. The van der Waals surface area contributed by atoms with Crippen LogP contribution in [0.4, 0.5) is 5.69 Å². The fourth-order valence-electron chi connectivity index (χ4n) is 2.22. The number of rotatable bonds is 5. The van der Waals surface area contributed by atoms with Gasteiger partial charge in [0.15, 0.2) is 5.11 Å². The number of hydrogen-bond donors (Lipinski definition) is 2. The first-order valence-corrected chi connectivity index (χ1v) is 8.33. The molecule has 2 rings (SSSR count). The van der Waals surface area contributed by atoms with Gasteiger partial charge in [-0.05, 0) is 61.5 Å². The molecular formula is C19H20N2O3S. The normalized spacial score (nSPS) is 10.0. The van der Waals surface area contributed by atoms with E-state index in [1.165, 1.54) is 0 Å². The van der Waals surface area contributed by atoms with E-state index in [-0.39, 0.29) is 23.4 Å². The molecule has 1 amide bonds. The minimum Gasteiger partial charge on any atom is -0.462 e. The lowest BCUT2D eigenvalue weighted by atomic mass is 10.1. The van der Waals surface area contributed by atoms with Crippen molar-refractivity contribution in [2.75, 3.05) is 11.9 Å². The minimum absolute atomic E-state index is 0.185. The standard InChI is InChI=1S/C19H20N2O3S/c1-3-24-18(23)14-8-10-16(11-9-14)20-19(25)21-17(22)12-15-7-5-4-6-13(15)2/h4-11H,3,12H2,1-2H3,(H2,20,21,22,25). The summed E-state index contributed by atoms with van der Waals surface area (Å²) in [6.07, 6.45) is 0.260. The molecule has 0 unspecified atom stereocenters. The third-order valence-electron chi connectivity index (χ3n) is 3.52. The zero-order valence-corrected chi connectivity index (χ0v) is 15.0. The number of anilines is 1. The van der Waals surface area contributed by atoms with E-state index in [9.17, 15) is 9.59 Å². The van der Waals surface area contributed by atoms with E-state index >= 15 is 0 Å². The van der Waals surface area contributed by atoms with Gasteiger partial charge in [0, 0.05) is 5.69 Å². The van der Waals surface area contributed by atoms with Crippen molar-refractivity contribution in [2.45, 2.75) is 20.3 Å². The lowest BCUT2D eigenvalue weighted by Crippen LogP contribution is -2.35. The number of ether oxygens (including phenoxy) is 1. The first-order chi connectivity index (χ1) is 12.0. The third-order valence-corrected chi connectivity index (χ3v) is 3.72. The van der Waals surface area contributed by atoms with E-state index in [2.05, 4.69) is 10.6 Å². The highest BCUT2D eigenvalue weighted by Gasteiger charge is 2.09. The Hall–Kier alpha value is -2.73. The van der Waals surface area contributed by atoms with Gasteiger partial charge in [0.25, 0.3) is 0 Å². The predicted octanol–water partition coefficient (Wildman–Crippen LogP) is 3.23. The van der Waals surface area contributed by atoms with Crippen LogP contribution in [0, 0.1) is 6.92 Å². The van der Waals surface area contributed by atoms with Crippen molar-refractivity contribution in [1.82, 2.24) is 5.32 Å². The second kappa shape index (κ2) is 8.94. The molecule has 0 aliphatic carbocycles. The molecule has 2 aromatic rings. The lowest BCUT2D eigenvalue weighted by Gasteiger charge is -2.11. The number of thiocarbonyl (C=S) groups is 1. The highest BCUT2D eigenvalue weighted by atomic mass is 32.1. The summed E-state index contributed by atoms with van der Waals surface area (Å²) in [6, 6.07) is 14.4. The molecule has 0 saturated heterocycles. The van der Waals surface area contributed by atoms with Crippen LogP contribution in [0.1, 0.15) is 28.4 Å². The van der Waals surface area contributed by atoms with Gasteiger partial charge in [-0.1, -0.05) is 24.3 Å². The molecule has 0 aliphatic rings. The maximum absolute atomic E-state index is 12.1. The highest BCUT2D eigenvalue weighted by Crippen LogP contribution is 2.11. The summed E-state index contributed by atoms with van der Waals surface area (Å²) in [7, 11) is 0. The zero-order chi connectivity index (χ0) is 18.2. The molecule has 0 aromatic heterocycles. The van der Waals surface area contributed by atoms with Crippen molar-refractivity contribution in [3.05, 3.63) is 65.2 Å². The fourth-order valence-corrected chi connectivity index (χ4v) is 2.45. The Morgan fingerprint density at radius 1 is 1.08 bits per heavy atom. The van der Waals surface area contributed by atoms with Crippen LogP contribution < -0.4 is 10.6 Å². The maximum Gasteiger partial charge on any atom is 0.338 e. The van der Waals surface area contributed by atoms with Gasteiger partial charge < -0.3 is 15.4 Å². The van der Waals surface area contributed by atoms with Crippen LogP contribution in [0.15, 0.2) is 48.5 Å². The average molecular weight is 356 g/mol. The second-order valence-electron chi connectivity index (χ2n) is 5.40. The molecule has 5 nitrogen and oxygen atoms in total. The van der Waals surface area contributed by atoms with Gasteiger partial charge in [0.1, 0.15) is 0 Å². The Kier molecular flexibility index (Phi) is 6.65. The van der Waals surface area contributed by atoms with Gasteiger partial charge in [-0.25, -0.2) is 4.79 Å². The van der Waals surface area contributed by atoms with Crippen LogP contribution in [0.2, 0.25) is 0 Å². The summed E-state index contributed by atoms with van der Waals surface area (Å²) in [6.45, 7) is 4.05. The summed E-state index contributed by atoms with van der Waals surface area (Å²) in [4.78, 5) is 23.7. The number of benzene rings is 2. The van der Waals surface area contributed by atoms with Crippen molar-refractivity contribution in [2.24, 2.45) is 0 Å². The molecule has 25 heavy (non-hydrogen) atoms. The predicted molar refractivity (Wildman–Crippen MR) is 102 cm³/mol.